The predicted octanol–water partition coefficient (Wildman–Crippen LogP) is -1.29. The van der Waals surface area contributed by atoms with E-state index in [9.17, 15) is 0 Å². The van der Waals surface area contributed by atoms with Crippen LogP contribution in [-0.2, 0) is 0 Å². The maximum Gasteiger partial charge on any atom is 1.00 e. The zero-order valence-corrected chi connectivity index (χ0v) is 10.3. The molecule has 0 bridgehead atoms. The Morgan fingerprint density at radius 2 is 1.57 bits per heavy atom. The summed E-state index contributed by atoms with van der Waals surface area (Å²) in [6.45, 7) is 0. The van der Waals surface area contributed by atoms with Crippen LogP contribution in [-0.4, -0.2) is 0 Å². The molecule has 0 unspecified atom stereocenters. The van der Waals surface area contributed by atoms with Gasteiger partial charge in [-0.1, -0.05) is 0 Å². The van der Waals surface area contributed by atoms with E-state index in [4.69, 9.17) is 15.8 Å². The van der Waals surface area contributed by atoms with Crippen LogP contribution in [0.4, 0.5) is 0 Å². The molecule has 0 heterocycles. The largest absolute Gasteiger partial charge is 1.00 e. The Morgan fingerprint density at radius 1 is 1.00 bits per heavy atom. The van der Waals surface area contributed by atoms with Crippen LogP contribution in [0.5, 0.6) is 0 Å². The fraction of sp³-hybridized carbons (Fsp3) is 0. The monoisotopic (exact) mass is 209 g/mol. The Labute approximate surface area is 111 Å². The van der Waals surface area contributed by atoms with Crippen LogP contribution in [0.2, 0.25) is 0 Å². The van der Waals surface area contributed by atoms with Crippen LogP contribution >= 0.6 is 12.6 Å². The maximum atomic E-state index is 8.70. The van der Waals surface area contributed by atoms with Crippen molar-refractivity contribution in [1.29, 1.82) is 15.8 Å². The minimum atomic E-state index is 0. The number of nitrogens with zero attached hydrogens (tertiary/aromatic N) is 3. The van der Waals surface area contributed by atoms with Gasteiger partial charge < -0.3 is 1.43 Å². The first kappa shape index (κ1) is 13.0. The van der Waals surface area contributed by atoms with Crippen molar-refractivity contribution in [3.05, 3.63) is 28.8 Å². The van der Waals surface area contributed by atoms with E-state index in [-0.39, 0.29) is 47.7 Å². The van der Waals surface area contributed by atoms with Gasteiger partial charge in [-0.25, -0.2) is 0 Å². The van der Waals surface area contributed by atoms with Crippen molar-refractivity contribution in [2.45, 2.75) is 4.90 Å². The van der Waals surface area contributed by atoms with Crippen molar-refractivity contribution in [3.8, 4) is 18.2 Å². The molecule has 0 N–H and O–H groups in total. The van der Waals surface area contributed by atoms with E-state index in [1.54, 1.807) is 0 Å². The Morgan fingerprint density at radius 3 is 2.00 bits per heavy atom. The maximum absolute atomic E-state index is 8.70. The van der Waals surface area contributed by atoms with Gasteiger partial charge in [-0.05, 0) is 12.1 Å². The van der Waals surface area contributed by atoms with Gasteiger partial charge in [0.05, 0.1) is 16.7 Å². The third kappa shape index (κ3) is 2.29. The second-order valence-corrected chi connectivity index (χ2v) is 2.70. The van der Waals surface area contributed by atoms with Gasteiger partial charge in [-0.3, -0.25) is 0 Å². The third-order valence-corrected chi connectivity index (χ3v) is 1.90. The molecule has 0 radical (unpaired) electrons. The SMILES string of the molecule is N#Cc1ccc(S)c(C#N)c1C#N.[H-].[Na+]. The molecule has 0 saturated carbocycles. The molecule has 0 aliphatic rings. The van der Waals surface area contributed by atoms with Gasteiger partial charge in [0.1, 0.15) is 18.2 Å². The molecule has 1 aromatic rings. The van der Waals surface area contributed by atoms with Crippen molar-refractivity contribution >= 4 is 12.6 Å². The molecule has 0 fully saturated rings. The molecule has 0 amide bonds. The normalized spacial score (nSPS) is 7.57. The van der Waals surface area contributed by atoms with Crippen LogP contribution in [0.3, 0.4) is 0 Å². The molecule has 62 valence electrons. The molecule has 0 saturated heterocycles. The number of hydrogen-bond acceptors (Lipinski definition) is 4. The van der Waals surface area contributed by atoms with E-state index < -0.39 is 0 Å². The van der Waals surface area contributed by atoms with Crippen molar-refractivity contribution in [1.82, 2.24) is 0 Å². The van der Waals surface area contributed by atoms with Crippen molar-refractivity contribution in [3.63, 3.8) is 0 Å². The summed E-state index contributed by atoms with van der Waals surface area (Å²) in [6, 6.07) is 8.50. The summed E-state index contributed by atoms with van der Waals surface area (Å²) < 4.78 is 0. The average Bonchev–Trinajstić information content (AvgIpc) is 2.17. The molecule has 0 aliphatic carbocycles. The molecule has 1 aromatic carbocycles. The molecular weight excluding hydrogens is 205 g/mol. The summed E-state index contributed by atoms with van der Waals surface area (Å²) in [7, 11) is 0. The van der Waals surface area contributed by atoms with Crippen LogP contribution in [0.25, 0.3) is 0 Å². The first-order chi connectivity index (χ1) is 6.24. The smallest absolute Gasteiger partial charge is 1.00 e. The Bertz CT molecular complexity index is 482. The van der Waals surface area contributed by atoms with Crippen LogP contribution in [0.1, 0.15) is 18.1 Å². The fourth-order valence-electron chi connectivity index (χ4n) is 0.914. The van der Waals surface area contributed by atoms with E-state index in [1.807, 2.05) is 18.2 Å². The first-order valence-electron chi connectivity index (χ1n) is 3.31. The Balaban J connectivity index is 0. The quantitative estimate of drug-likeness (QED) is 0.427. The van der Waals surface area contributed by atoms with Gasteiger partial charge >= 0.3 is 29.6 Å². The third-order valence-electron chi connectivity index (χ3n) is 1.53. The number of benzene rings is 1. The van der Waals surface area contributed by atoms with Crippen molar-refractivity contribution < 1.29 is 31.0 Å². The van der Waals surface area contributed by atoms with Gasteiger partial charge in [-0.15, -0.1) is 12.6 Å². The van der Waals surface area contributed by atoms with E-state index in [0.717, 1.165) is 0 Å². The number of thiol groups is 1. The van der Waals surface area contributed by atoms with E-state index in [2.05, 4.69) is 12.6 Å². The standard InChI is InChI=1S/C9H3N3S.Na.H/c10-3-6-1-2-9(13)8(5-12)7(6)4-11;;/h1-2,13H;;/q;+1;-1. The molecule has 0 aliphatic heterocycles. The Hall–Kier alpha value is -0.960. The van der Waals surface area contributed by atoms with Gasteiger partial charge in [-0.2, -0.15) is 15.8 Å². The van der Waals surface area contributed by atoms with Gasteiger partial charge in [0.15, 0.2) is 0 Å². The summed E-state index contributed by atoms with van der Waals surface area (Å²) in [4.78, 5) is 0.415. The number of rotatable bonds is 0. The summed E-state index contributed by atoms with van der Waals surface area (Å²) in [6.07, 6.45) is 0. The molecule has 5 heteroatoms. The fourth-order valence-corrected chi connectivity index (χ4v) is 1.15. The summed E-state index contributed by atoms with van der Waals surface area (Å²) in [5.74, 6) is 0. The van der Waals surface area contributed by atoms with Crippen LogP contribution in [0.15, 0.2) is 17.0 Å². The molecule has 1 rings (SSSR count). The molecular formula is C9H4N3NaS. The first-order valence-corrected chi connectivity index (χ1v) is 3.75. The summed E-state index contributed by atoms with van der Waals surface area (Å²) >= 11 is 4.00. The molecule has 0 spiro atoms. The summed E-state index contributed by atoms with van der Waals surface area (Å²) in [5, 5.41) is 26.0. The number of hydrogen-bond donors (Lipinski definition) is 1. The minimum absolute atomic E-state index is 0. The molecule has 0 aromatic heterocycles. The predicted molar refractivity (Wildman–Crippen MR) is 49.0 cm³/mol. The van der Waals surface area contributed by atoms with Crippen molar-refractivity contribution in [2.24, 2.45) is 0 Å². The summed E-state index contributed by atoms with van der Waals surface area (Å²) in [5.41, 5.74) is 0.458. The molecule has 3 nitrogen and oxygen atoms in total. The van der Waals surface area contributed by atoms with Gasteiger partial charge in [0, 0.05) is 4.90 Å². The topological polar surface area (TPSA) is 71.4 Å². The molecule has 0 atom stereocenters. The zero-order valence-electron chi connectivity index (χ0n) is 8.44. The van der Waals surface area contributed by atoms with Crippen molar-refractivity contribution in [2.75, 3.05) is 0 Å². The number of nitriles is 3. The minimum Gasteiger partial charge on any atom is -1.00 e. The van der Waals surface area contributed by atoms with Gasteiger partial charge in [0.25, 0.3) is 0 Å². The van der Waals surface area contributed by atoms with Gasteiger partial charge in [0.2, 0.25) is 0 Å². The average molecular weight is 209 g/mol. The zero-order chi connectivity index (χ0) is 9.84. The molecule has 14 heavy (non-hydrogen) atoms. The van der Waals surface area contributed by atoms with Crippen LogP contribution < -0.4 is 29.6 Å². The van der Waals surface area contributed by atoms with Crippen LogP contribution in [0, 0.1) is 34.0 Å². The second kappa shape index (κ2) is 5.70. The van der Waals surface area contributed by atoms with E-state index in [1.165, 1.54) is 12.1 Å². The Kier molecular flexibility index (Phi) is 5.31. The second-order valence-electron chi connectivity index (χ2n) is 2.22. The van der Waals surface area contributed by atoms with E-state index in [0.29, 0.717) is 4.90 Å². The van der Waals surface area contributed by atoms with E-state index >= 15 is 0 Å².